The molecule has 1 aliphatic carbocycles. The van der Waals surface area contributed by atoms with Gasteiger partial charge >= 0.3 is 0 Å². The maximum atomic E-state index is 12.9. The van der Waals surface area contributed by atoms with Crippen LogP contribution in [0.1, 0.15) is 56.2 Å². The minimum Gasteiger partial charge on any atom is -0.379 e. The molecule has 1 atom stereocenters. The molecule has 1 amide bonds. The van der Waals surface area contributed by atoms with Crippen LogP contribution in [0.5, 0.6) is 0 Å². The molecule has 1 aliphatic heterocycles. The Balaban J connectivity index is 1.54. The van der Waals surface area contributed by atoms with Gasteiger partial charge in [0, 0.05) is 44.5 Å². The summed E-state index contributed by atoms with van der Waals surface area (Å²) in [4.78, 5) is 14.8. The van der Waals surface area contributed by atoms with Gasteiger partial charge in [0.2, 0.25) is 0 Å². The second-order valence-corrected chi connectivity index (χ2v) is 7.87. The topological polar surface area (TPSA) is 70.4 Å². The van der Waals surface area contributed by atoms with Crippen LogP contribution in [0.4, 0.5) is 0 Å². The second kappa shape index (κ2) is 7.87. The Bertz CT molecular complexity index is 594. The van der Waals surface area contributed by atoms with Crippen molar-refractivity contribution in [2.24, 2.45) is 13.0 Å². The van der Waals surface area contributed by atoms with Gasteiger partial charge < -0.3 is 15.3 Å². The summed E-state index contributed by atoms with van der Waals surface area (Å²) in [6, 6.07) is 0. The van der Waals surface area contributed by atoms with Crippen LogP contribution < -0.4 is 5.32 Å². The van der Waals surface area contributed by atoms with Crippen LogP contribution in [0.2, 0.25) is 0 Å². The van der Waals surface area contributed by atoms with Gasteiger partial charge in [0.25, 0.3) is 5.91 Å². The SMILES string of the molecule is Cc1c(CNCC2(O)CCCN(CC3CCCCC3)C2=O)cnn1C. The van der Waals surface area contributed by atoms with Crippen molar-refractivity contribution in [1.82, 2.24) is 20.0 Å². The standard InChI is InChI=1S/C19H32N4O2/c1-15-17(12-21-22(15)2)11-20-14-19(25)9-6-10-23(18(19)24)13-16-7-4-3-5-8-16/h12,16,20,25H,3-11,13-14H2,1-2H3. The number of aryl methyl sites for hydroxylation is 1. The number of likely N-dealkylation sites (tertiary alicyclic amines) is 1. The van der Waals surface area contributed by atoms with E-state index in [4.69, 9.17) is 0 Å². The van der Waals surface area contributed by atoms with E-state index in [-0.39, 0.29) is 5.91 Å². The number of amides is 1. The van der Waals surface area contributed by atoms with Gasteiger partial charge in [0.1, 0.15) is 0 Å². The fourth-order valence-corrected chi connectivity index (χ4v) is 4.21. The lowest BCUT2D eigenvalue weighted by molar-refractivity contribution is -0.157. The summed E-state index contributed by atoms with van der Waals surface area (Å²) in [6.07, 6.45) is 9.60. The first-order chi connectivity index (χ1) is 12.0. The summed E-state index contributed by atoms with van der Waals surface area (Å²) < 4.78 is 1.84. The summed E-state index contributed by atoms with van der Waals surface area (Å²) >= 11 is 0. The molecule has 1 unspecified atom stereocenters. The van der Waals surface area contributed by atoms with Crippen molar-refractivity contribution in [2.75, 3.05) is 19.6 Å². The summed E-state index contributed by atoms with van der Waals surface area (Å²) in [5.74, 6) is 0.533. The molecule has 1 saturated heterocycles. The van der Waals surface area contributed by atoms with Crippen LogP contribution in [0.15, 0.2) is 6.20 Å². The summed E-state index contributed by atoms with van der Waals surface area (Å²) in [6.45, 7) is 4.57. The van der Waals surface area contributed by atoms with Gasteiger partial charge in [0.05, 0.1) is 6.20 Å². The average molecular weight is 348 g/mol. The number of aliphatic hydroxyl groups is 1. The van der Waals surface area contributed by atoms with Crippen LogP contribution in [0.3, 0.4) is 0 Å². The maximum absolute atomic E-state index is 12.9. The summed E-state index contributed by atoms with van der Waals surface area (Å²) in [7, 11) is 1.92. The van der Waals surface area contributed by atoms with E-state index in [0.29, 0.717) is 25.4 Å². The van der Waals surface area contributed by atoms with E-state index >= 15 is 0 Å². The highest BCUT2D eigenvalue weighted by Crippen LogP contribution is 2.28. The molecule has 1 saturated carbocycles. The van der Waals surface area contributed by atoms with E-state index in [2.05, 4.69) is 10.4 Å². The third-order valence-electron chi connectivity index (χ3n) is 5.98. The number of hydrogen-bond acceptors (Lipinski definition) is 4. The molecule has 25 heavy (non-hydrogen) atoms. The molecule has 2 heterocycles. The molecule has 0 bridgehead atoms. The smallest absolute Gasteiger partial charge is 0.255 e. The molecule has 6 nitrogen and oxygen atoms in total. The van der Waals surface area contributed by atoms with Crippen LogP contribution in [-0.2, 0) is 18.4 Å². The van der Waals surface area contributed by atoms with Gasteiger partial charge in [-0.1, -0.05) is 19.3 Å². The first-order valence-corrected chi connectivity index (χ1v) is 9.69. The number of carbonyl (C=O) groups excluding carboxylic acids is 1. The second-order valence-electron chi connectivity index (χ2n) is 7.87. The minimum absolute atomic E-state index is 0.0836. The Morgan fingerprint density at radius 2 is 2.08 bits per heavy atom. The molecule has 0 spiro atoms. The molecule has 1 aromatic rings. The minimum atomic E-state index is -1.26. The molecule has 3 rings (SSSR count). The van der Waals surface area contributed by atoms with Crippen molar-refractivity contribution in [3.05, 3.63) is 17.5 Å². The monoisotopic (exact) mass is 348 g/mol. The number of nitrogens with one attached hydrogen (secondary N) is 1. The summed E-state index contributed by atoms with van der Waals surface area (Å²) in [5, 5.41) is 18.4. The number of rotatable bonds is 6. The van der Waals surface area contributed by atoms with Gasteiger partial charge in [-0.05, 0) is 38.5 Å². The van der Waals surface area contributed by atoms with E-state index in [0.717, 1.165) is 30.8 Å². The molecule has 0 radical (unpaired) electrons. The van der Waals surface area contributed by atoms with Gasteiger partial charge in [0.15, 0.2) is 5.60 Å². The molecule has 6 heteroatoms. The van der Waals surface area contributed by atoms with Crippen molar-refractivity contribution in [3.63, 3.8) is 0 Å². The Morgan fingerprint density at radius 1 is 1.32 bits per heavy atom. The van der Waals surface area contributed by atoms with Crippen molar-refractivity contribution in [3.8, 4) is 0 Å². The maximum Gasteiger partial charge on any atom is 0.255 e. The number of piperidine rings is 1. The van der Waals surface area contributed by atoms with Gasteiger partial charge in [-0.2, -0.15) is 5.10 Å². The van der Waals surface area contributed by atoms with Gasteiger partial charge in [-0.25, -0.2) is 0 Å². The lowest BCUT2D eigenvalue weighted by atomic mass is 9.86. The predicted octanol–water partition coefficient (Wildman–Crippen LogP) is 1.75. The molecule has 0 aromatic carbocycles. The van der Waals surface area contributed by atoms with Crippen LogP contribution in [-0.4, -0.2) is 50.9 Å². The Labute approximate surface area is 150 Å². The largest absolute Gasteiger partial charge is 0.379 e. The fraction of sp³-hybridized carbons (Fsp3) is 0.789. The van der Waals surface area contributed by atoms with E-state index < -0.39 is 5.60 Å². The molecule has 140 valence electrons. The number of hydrogen-bond donors (Lipinski definition) is 2. The highest BCUT2D eigenvalue weighted by atomic mass is 16.3. The normalized spacial score (nSPS) is 25.6. The third kappa shape index (κ3) is 4.23. The zero-order valence-corrected chi connectivity index (χ0v) is 15.6. The Kier molecular flexibility index (Phi) is 5.79. The molecule has 2 aliphatic rings. The number of nitrogens with zero attached hydrogens (tertiary/aromatic N) is 3. The molecular weight excluding hydrogens is 316 g/mol. The van der Waals surface area contributed by atoms with Crippen molar-refractivity contribution >= 4 is 5.91 Å². The van der Waals surface area contributed by atoms with Crippen LogP contribution in [0.25, 0.3) is 0 Å². The van der Waals surface area contributed by atoms with Crippen molar-refractivity contribution < 1.29 is 9.90 Å². The predicted molar refractivity (Wildman–Crippen MR) is 97.0 cm³/mol. The first-order valence-electron chi connectivity index (χ1n) is 9.69. The molecule has 1 aromatic heterocycles. The van der Waals surface area contributed by atoms with E-state index in [9.17, 15) is 9.90 Å². The Hall–Kier alpha value is -1.40. The quantitative estimate of drug-likeness (QED) is 0.822. The van der Waals surface area contributed by atoms with E-state index in [1.807, 2.05) is 29.7 Å². The lowest BCUT2D eigenvalue weighted by Gasteiger charge is -2.40. The van der Waals surface area contributed by atoms with Gasteiger partial charge in [-0.3, -0.25) is 9.48 Å². The number of aromatic nitrogens is 2. The van der Waals surface area contributed by atoms with Crippen molar-refractivity contribution in [1.29, 1.82) is 0 Å². The average Bonchev–Trinajstić information content (AvgIpc) is 2.92. The zero-order chi connectivity index (χ0) is 17.9. The Morgan fingerprint density at radius 3 is 2.76 bits per heavy atom. The van der Waals surface area contributed by atoms with Gasteiger partial charge in [-0.15, -0.1) is 0 Å². The lowest BCUT2D eigenvalue weighted by Crippen LogP contribution is -2.58. The highest BCUT2D eigenvalue weighted by molar-refractivity contribution is 5.86. The van der Waals surface area contributed by atoms with Crippen LogP contribution in [0, 0.1) is 12.8 Å². The molecule has 2 N–H and O–H groups in total. The van der Waals surface area contributed by atoms with Crippen molar-refractivity contribution in [2.45, 2.75) is 64.0 Å². The highest BCUT2D eigenvalue weighted by Gasteiger charge is 2.42. The summed E-state index contributed by atoms with van der Waals surface area (Å²) in [5.41, 5.74) is 0.949. The van der Waals surface area contributed by atoms with Crippen LogP contribution >= 0.6 is 0 Å². The molecule has 2 fully saturated rings. The van der Waals surface area contributed by atoms with E-state index in [1.54, 1.807) is 0 Å². The van der Waals surface area contributed by atoms with E-state index in [1.165, 1.54) is 32.1 Å². The fourth-order valence-electron chi connectivity index (χ4n) is 4.21. The molecular formula is C19H32N4O2. The zero-order valence-electron chi connectivity index (χ0n) is 15.6. The number of carbonyl (C=O) groups is 1. The first kappa shape index (κ1) is 18.4. The third-order valence-corrected chi connectivity index (χ3v) is 5.98.